The van der Waals surface area contributed by atoms with Gasteiger partial charge in [-0.05, 0) is 42.8 Å². The van der Waals surface area contributed by atoms with Crippen LogP contribution in [0.1, 0.15) is 40.5 Å². The summed E-state index contributed by atoms with van der Waals surface area (Å²) in [4.78, 5) is 24.4. The Labute approximate surface area is 163 Å². The van der Waals surface area contributed by atoms with Gasteiger partial charge in [0.25, 0.3) is 5.91 Å². The molecule has 2 aromatic carbocycles. The molecule has 1 amide bonds. The van der Waals surface area contributed by atoms with Crippen LogP contribution in [0.3, 0.4) is 0 Å². The summed E-state index contributed by atoms with van der Waals surface area (Å²) in [6, 6.07) is 9.52. The number of hydrogen-bond donors (Lipinski definition) is 1. The lowest BCUT2D eigenvalue weighted by Crippen LogP contribution is -2.13. The van der Waals surface area contributed by atoms with E-state index in [2.05, 4.69) is 5.32 Å². The van der Waals surface area contributed by atoms with Crippen molar-refractivity contribution in [3.05, 3.63) is 52.5 Å². The Kier molecular flexibility index (Phi) is 7.49. The molecule has 2 rings (SSSR count). The van der Waals surface area contributed by atoms with Crippen LogP contribution < -0.4 is 14.8 Å². The van der Waals surface area contributed by atoms with E-state index in [9.17, 15) is 9.59 Å². The Hall–Kier alpha value is -2.73. The molecular weight excluding hydrogens is 370 g/mol. The molecular formula is C20H22ClNO5. The van der Waals surface area contributed by atoms with Crippen LogP contribution in [0.25, 0.3) is 0 Å². The van der Waals surface area contributed by atoms with E-state index in [1.165, 1.54) is 20.3 Å². The molecule has 0 aromatic heterocycles. The van der Waals surface area contributed by atoms with Crippen LogP contribution in [0.2, 0.25) is 5.02 Å². The fourth-order valence-corrected chi connectivity index (χ4v) is 2.62. The lowest BCUT2D eigenvalue weighted by Gasteiger charge is -2.12. The molecule has 0 atom stereocenters. The molecule has 27 heavy (non-hydrogen) atoms. The maximum atomic E-state index is 12.5. The fraction of sp³-hybridized carbons (Fsp3) is 0.300. The van der Waals surface area contributed by atoms with Crippen molar-refractivity contribution in [2.75, 3.05) is 26.1 Å². The van der Waals surface area contributed by atoms with Gasteiger partial charge < -0.3 is 19.5 Å². The van der Waals surface area contributed by atoms with E-state index in [1.807, 2.05) is 6.92 Å². The third-order valence-corrected chi connectivity index (χ3v) is 4.09. The zero-order valence-electron chi connectivity index (χ0n) is 15.5. The van der Waals surface area contributed by atoms with Gasteiger partial charge in [-0.3, -0.25) is 4.79 Å². The van der Waals surface area contributed by atoms with Crippen molar-refractivity contribution < 1.29 is 23.8 Å². The van der Waals surface area contributed by atoms with Gasteiger partial charge in [-0.25, -0.2) is 4.79 Å². The van der Waals surface area contributed by atoms with E-state index >= 15 is 0 Å². The highest BCUT2D eigenvalue weighted by Crippen LogP contribution is 2.36. The molecule has 1 N–H and O–H groups in total. The molecule has 0 unspecified atom stereocenters. The average molecular weight is 392 g/mol. The van der Waals surface area contributed by atoms with Gasteiger partial charge in [0.1, 0.15) is 0 Å². The zero-order chi connectivity index (χ0) is 19.8. The Bertz CT molecular complexity index is 805. The molecule has 7 heteroatoms. The number of ether oxygens (including phenoxy) is 3. The second-order valence-corrected chi connectivity index (χ2v) is 6.12. The first-order chi connectivity index (χ1) is 13.0. The van der Waals surface area contributed by atoms with Crippen LogP contribution in [-0.4, -0.2) is 32.7 Å². The fourth-order valence-electron chi connectivity index (χ4n) is 2.33. The summed E-state index contributed by atoms with van der Waals surface area (Å²) in [5.74, 6) is -0.0221. The Balaban J connectivity index is 2.08. The number of halogens is 1. The summed E-state index contributed by atoms with van der Waals surface area (Å²) in [6.45, 7) is 2.42. The van der Waals surface area contributed by atoms with Crippen molar-refractivity contribution in [3.8, 4) is 11.5 Å². The Morgan fingerprint density at radius 3 is 2.33 bits per heavy atom. The van der Waals surface area contributed by atoms with Gasteiger partial charge in [0.2, 0.25) is 0 Å². The highest BCUT2D eigenvalue weighted by Gasteiger charge is 2.15. The number of esters is 1. The van der Waals surface area contributed by atoms with E-state index in [4.69, 9.17) is 25.8 Å². The first kappa shape index (κ1) is 20.6. The quantitative estimate of drug-likeness (QED) is 0.527. The van der Waals surface area contributed by atoms with E-state index in [0.29, 0.717) is 34.9 Å². The number of amides is 1. The van der Waals surface area contributed by atoms with E-state index in [1.54, 1.807) is 30.3 Å². The highest BCUT2D eigenvalue weighted by atomic mass is 35.5. The highest BCUT2D eigenvalue weighted by molar-refractivity contribution is 6.32. The number of carbonyl (C=O) groups excluding carboxylic acids is 2. The molecule has 0 fully saturated rings. The van der Waals surface area contributed by atoms with Gasteiger partial charge in [-0.15, -0.1) is 0 Å². The van der Waals surface area contributed by atoms with Crippen molar-refractivity contribution in [1.29, 1.82) is 0 Å². The third kappa shape index (κ3) is 5.37. The summed E-state index contributed by atoms with van der Waals surface area (Å²) in [5.41, 5.74) is 1.29. The van der Waals surface area contributed by atoms with Crippen molar-refractivity contribution in [2.24, 2.45) is 0 Å². The van der Waals surface area contributed by atoms with Crippen LogP contribution in [-0.2, 0) is 4.74 Å². The minimum Gasteiger partial charge on any atom is -0.493 e. The number of unbranched alkanes of at least 4 members (excludes halogenated alkanes) is 1. The van der Waals surface area contributed by atoms with Gasteiger partial charge >= 0.3 is 5.97 Å². The van der Waals surface area contributed by atoms with Crippen LogP contribution in [0.4, 0.5) is 5.69 Å². The van der Waals surface area contributed by atoms with Gasteiger partial charge in [0, 0.05) is 11.3 Å². The van der Waals surface area contributed by atoms with Crippen molar-refractivity contribution in [3.63, 3.8) is 0 Å². The minimum absolute atomic E-state index is 0.271. The largest absolute Gasteiger partial charge is 0.493 e. The summed E-state index contributed by atoms with van der Waals surface area (Å²) in [6.07, 6.45) is 1.78. The summed E-state index contributed by atoms with van der Waals surface area (Å²) < 4.78 is 15.5. The molecule has 2 aromatic rings. The number of methoxy groups -OCH3 is 2. The molecule has 0 aliphatic carbocycles. The molecule has 0 aliphatic rings. The molecule has 144 valence electrons. The van der Waals surface area contributed by atoms with Crippen LogP contribution >= 0.6 is 11.6 Å². The molecule has 0 radical (unpaired) electrons. The summed E-state index contributed by atoms with van der Waals surface area (Å²) in [7, 11) is 2.94. The Morgan fingerprint density at radius 2 is 1.74 bits per heavy atom. The lowest BCUT2D eigenvalue weighted by atomic mass is 10.1. The minimum atomic E-state index is -0.381. The number of rotatable bonds is 8. The standard InChI is InChI=1S/C20H22ClNO5/c1-4-5-10-27-20(24)13-6-8-15(9-7-13)22-19(23)14-11-16(21)18(26-3)17(12-14)25-2/h6-9,11-12H,4-5,10H2,1-3H3,(H,22,23). The number of nitrogens with one attached hydrogen (secondary N) is 1. The lowest BCUT2D eigenvalue weighted by molar-refractivity contribution is 0.0499. The van der Waals surface area contributed by atoms with Gasteiger partial charge in [0.05, 0.1) is 31.4 Å². The predicted octanol–water partition coefficient (Wildman–Crippen LogP) is 4.57. The van der Waals surface area contributed by atoms with E-state index in [-0.39, 0.29) is 16.9 Å². The molecule has 0 saturated carbocycles. The number of benzene rings is 2. The smallest absolute Gasteiger partial charge is 0.338 e. The SMILES string of the molecule is CCCCOC(=O)c1ccc(NC(=O)c2cc(Cl)c(OC)c(OC)c2)cc1. The molecule has 0 bridgehead atoms. The molecule has 0 saturated heterocycles. The summed E-state index contributed by atoms with van der Waals surface area (Å²) in [5, 5.41) is 3.02. The summed E-state index contributed by atoms with van der Waals surface area (Å²) >= 11 is 6.13. The first-order valence-electron chi connectivity index (χ1n) is 8.50. The van der Waals surface area contributed by atoms with Crippen molar-refractivity contribution in [1.82, 2.24) is 0 Å². The van der Waals surface area contributed by atoms with Gasteiger partial charge in [0.15, 0.2) is 11.5 Å². The van der Waals surface area contributed by atoms with E-state index < -0.39 is 0 Å². The van der Waals surface area contributed by atoms with Crippen LogP contribution in [0, 0.1) is 0 Å². The van der Waals surface area contributed by atoms with Crippen LogP contribution in [0.15, 0.2) is 36.4 Å². The third-order valence-electron chi connectivity index (χ3n) is 3.81. The topological polar surface area (TPSA) is 73.9 Å². The predicted molar refractivity (Wildman–Crippen MR) is 104 cm³/mol. The van der Waals surface area contributed by atoms with Gasteiger partial charge in [-0.1, -0.05) is 24.9 Å². The Morgan fingerprint density at radius 1 is 1.04 bits per heavy atom. The molecule has 6 nitrogen and oxygen atoms in total. The molecule has 0 spiro atoms. The number of carbonyl (C=O) groups is 2. The maximum absolute atomic E-state index is 12.5. The van der Waals surface area contributed by atoms with Crippen LogP contribution in [0.5, 0.6) is 11.5 Å². The normalized spacial score (nSPS) is 10.2. The second-order valence-electron chi connectivity index (χ2n) is 5.71. The average Bonchev–Trinajstić information content (AvgIpc) is 2.67. The van der Waals surface area contributed by atoms with E-state index in [0.717, 1.165) is 12.8 Å². The number of hydrogen-bond acceptors (Lipinski definition) is 5. The van der Waals surface area contributed by atoms with Gasteiger partial charge in [-0.2, -0.15) is 0 Å². The first-order valence-corrected chi connectivity index (χ1v) is 8.88. The number of anilines is 1. The van der Waals surface area contributed by atoms with Crippen molar-refractivity contribution in [2.45, 2.75) is 19.8 Å². The molecule has 0 heterocycles. The van der Waals surface area contributed by atoms with Crippen molar-refractivity contribution >= 4 is 29.2 Å². The maximum Gasteiger partial charge on any atom is 0.338 e. The second kappa shape index (κ2) is 9.83. The molecule has 0 aliphatic heterocycles. The zero-order valence-corrected chi connectivity index (χ0v) is 16.3. The monoisotopic (exact) mass is 391 g/mol.